The predicted molar refractivity (Wildman–Crippen MR) is 104 cm³/mol. The van der Waals surface area contributed by atoms with Crippen LogP contribution < -0.4 is 15.0 Å². The van der Waals surface area contributed by atoms with E-state index in [1.165, 1.54) is 11.5 Å². The topological polar surface area (TPSA) is 67.3 Å². The summed E-state index contributed by atoms with van der Waals surface area (Å²) < 4.78 is 9.76. The molecule has 2 heterocycles. The lowest BCUT2D eigenvalue weighted by molar-refractivity contribution is -0.122. The second kappa shape index (κ2) is 8.49. The normalized spacial score (nSPS) is 16.9. The lowest BCUT2D eigenvalue weighted by Crippen LogP contribution is -2.44. The average molecular weight is 375 g/mol. The summed E-state index contributed by atoms with van der Waals surface area (Å²) in [5, 5.41) is 3.88. The number of hydrogen-bond donors (Lipinski definition) is 1. The molecular weight excluding hydrogens is 348 g/mol. The maximum atomic E-state index is 12.5. The van der Waals surface area contributed by atoms with Crippen molar-refractivity contribution < 1.29 is 9.53 Å². The average Bonchev–Trinajstić information content (AvgIpc) is 3.28. The smallest absolute Gasteiger partial charge is 0.242 e. The SMILES string of the molecule is COc1cccc(Cc2nsc(N3CCCC3C(=O)NCC(C)C)n2)c1. The van der Waals surface area contributed by atoms with Gasteiger partial charge in [0.05, 0.1) is 7.11 Å². The highest BCUT2D eigenvalue weighted by Crippen LogP contribution is 2.28. The van der Waals surface area contributed by atoms with Crippen LogP contribution in [0.15, 0.2) is 24.3 Å². The molecule has 6 nitrogen and oxygen atoms in total. The fraction of sp³-hybridized carbons (Fsp3) is 0.526. The molecule has 0 bridgehead atoms. The number of rotatable bonds is 7. The van der Waals surface area contributed by atoms with Crippen molar-refractivity contribution in [3.8, 4) is 5.75 Å². The first-order valence-electron chi connectivity index (χ1n) is 9.06. The monoisotopic (exact) mass is 374 g/mol. The Kier molecular flexibility index (Phi) is 6.08. The summed E-state index contributed by atoms with van der Waals surface area (Å²) in [6.45, 7) is 5.76. The Morgan fingerprint density at radius 1 is 1.46 bits per heavy atom. The van der Waals surface area contributed by atoms with E-state index >= 15 is 0 Å². The zero-order chi connectivity index (χ0) is 18.5. The number of carbonyl (C=O) groups excluding carboxylic acids is 1. The molecule has 1 amide bonds. The highest BCUT2D eigenvalue weighted by molar-refractivity contribution is 7.09. The molecule has 26 heavy (non-hydrogen) atoms. The van der Waals surface area contributed by atoms with Gasteiger partial charge in [-0.05, 0) is 36.5 Å². The quantitative estimate of drug-likeness (QED) is 0.807. The Labute approximate surface area is 158 Å². The van der Waals surface area contributed by atoms with Crippen LogP contribution in [0.3, 0.4) is 0 Å². The van der Waals surface area contributed by atoms with Gasteiger partial charge in [-0.3, -0.25) is 4.79 Å². The lowest BCUT2D eigenvalue weighted by Gasteiger charge is -2.23. The Morgan fingerprint density at radius 3 is 3.08 bits per heavy atom. The molecule has 0 saturated carbocycles. The van der Waals surface area contributed by atoms with E-state index in [0.29, 0.717) is 18.9 Å². The van der Waals surface area contributed by atoms with Crippen molar-refractivity contribution in [2.45, 2.75) is 39.2 Å². The minimum Gasteiger partial charge on any atom is -0.497 e. The van der Waals surface area contributed by atoms with Crippen molar-refractivity contribution >= 4 is 22.6 Å². The molecule has 3 rings (SSSR count). The van der Waals surface area contributed by atoms with E-state index in [1.807, 2.05) is 24.3 Å². The summed E-state index contributed by atoms with van der Waals surface area (Å²) in [6.07, 6.45) is 2.53. The maximum Gasteiger partial charge on any atom is 0.242 e. The molecule has 1 aromatic heterocycles. The van der Waals surface area contributed by atoms with Crippen LogP contribution in [-0.4, -0.2) is 41.5 Å². The predicted octanol–water partition coefficient (Wildman–Crippen LogP) is 2.88. The first-order valence-corrected chi connectivity index (χ1v) is 9.84. The molecule has 1 aromatic carbocycles. The van der Waals surface area contributed by atoms with Crippen LogP contribution in [-0.2, 0) is 11.2 Å². The van der Waals surface area contributed by atoms with Gasteiger partial charge in [-0.2, -0.15) is 4.37 Å². The fourth-order valence-electron chi connectivity index (χ4n) is 3.09. The van der Waals surface area contributed by atoms with E-state index in [2.05, 4.69) is 33.4 Å². The number of anilines is 1. The zero-order valence-corrected chi connectivity index (χ0v) is 16.4. The van der Waals surface area contributed by atoms with E-state index in [9.17, 15) is 4.79 Å². The van der Waals surface area contributed by atoms with Gasteiger partial charge in [-0.15, -0.1) is 0 Å². The summed E-state index contributed by atoms with van der Waals surface area (Å²) in [6, 6.07) is 7.80. The van der Waals surface area contributed by atoms with E-state index in [4.69, 9.17) is 4.74 Å². The van der Waals surface area contributed by atoms with Crippen LogP contribution in [0, 0.1) is 5.92 Å². The van der Waals surface area contributed by atoms with Crippen LogP contribution in [0.25, 0.3) is 0 Å². The summed E-state index contributed by atoms with van der Waals surface area (Å²) >= 11 is 1.38. The van der Waals surface area contributed by atoms with Crippen molar-refractivity contribution in [3.05, 3.63) is 35.7 Å². The fourth-order valence-corrected chi connectivity index (χ4v) is 3.85. The Hall–Kier alpha value is -2.15. The molecule has 140 valence electrons. The van der Waals surface area contributed by atoms with Crippen molar-refractivity contribution in [1.82, 2.24) is 14.7 Å². The van der Waals surface area contributed by atoms with Crippen molar-refractivity contribution in [3.63, 3.8) is 0 Å². The first kappa shape index (κ1) is 18.6. The van der Waals surface area contributed by atoms with Gasteiger partial charge >= 0.3 is 0 Å². The second-order valence-corrected chi connectivity index (χ2v) is 7.74. The largest absolute Gasteiger partial charge is 0.497 e. The van der Waals surface area contributed by atoms with Gasteiger partial charge < -0.3 is 15.0 Å². The Bertz CT molecular complexity index is 747. The molecule has 1 fully saturated rings. The minimum atomic E-state index is -0.133. The van der Waals surface area contributed by atoms with Gasteiger partial charge in [0, 0.05) is 31.0 Å². The van der Waals surface area contributed by atoms with Gasteiger partial charge in [0.2, 0.25) is 11.0 Å². The lowest BCUT2D eigenvalue weighted by atomic mass is 10.1. The molecule has 1 aliphatic heterocycles. The molecule has 2 aromatic rings. The van der Waals surface area contributed by atoms with Crippen LogP contribution >= 0.6 is 11.5 Å². The molecule has 0 spiro atoms. The van der Waals surface area contributed by atoms with Crippen LogP contribution in [0.1, 0.15) is 38.1 Å². The van der Waals surface area contributed by atoms with Gasteiger partial charge in [0.15, 0.2) is 0 Å². The third-order valence-electron chi connectivity index (χ3n) is 4.44. The highest BCUT2D eigenvalue weighted by Gasteiger charge is 2.32. The number of methoxy groups -OCH3 is 1. The highest BCUT2D eigenvalue weighted by atomic mass is 32.1. The van der Waals surface area contributed by atoms with Gasteiger partial charge in [-0.25, -0.2) is 4.98 Å². The van der Waals surface area contributed by atoms with Gasteiger partial charge in [0.25, 0.3) is 0 Å². The molecule has 1 aliphatic rings. The summed E-state index contributed by atoms with van der Waals surface area (Å²) in [7, 11) is 1.66. The number of hydrogen-bond acceptors (Lipinski definition) is 6. The third kappa shape index (κ3) is 4.52. The number of carbonyl (C=O) groups is 1. The summed E-state index contributed by atoms with van der Waals surface area (Å²) in [4.78, 5) is 19.3. The number of benzene rings is 1. The molecule has 0 aliphatic carbocycles. The maximum absolute atomic E-state index is 12.5. The summed E-state index contributed by atoms with van der Waals surface area (Å²) in [5.41, 5.74) is 1.11. The molecular formula is C19H26N4O2S. The molecule has 0 radical (unpaired) electrons. The van der Waals surface area contributed by atoms with Crippen LogP contribution in [0.5, 0.6) is 5.75 Å². The van der Waals surface area contributed by atoms with Crippen LogP contribution in [0.4, 0.5) is 5.13 Å². The number of nitrogens with zero attached hydrogens (tertiary/aromatic N) is 3. The van der Waals surface area contributed by atoms with E-state index in [1.54, 1.807) is 7.11 Å². The number of aromatic nitrogens is 2. The van der Waals surface area contributed by atoms with Crippen molar-refractivity contribution in [1.29, 1.82) is 0 Å². The van der Waals surface area contributed by atoms with Crippen molar-refractivity contribution in [2.75, 3.05) is 25.1 Å². The molecule has 1 atom stereocenters. The summed E-state index contributed by atoms with van der Waals surface area (Å²) in [5.74, 6) is 2.16. The number of ether oxygens (including phenoxy) is 1. The second-order valence-electron chi connectivity index (χ2n) is 7.01. The zero-order valence-electron chi connectivity index (χ0n) is 15.6. The standard InChI is InChI=1S/C19H26N4O2S/c1-13(2)12-20-18(24)16-8-5-9-23(16)19-21-17(22-26-19)11-14-6-4-7-15(10-14)25-3/h4,6-7,10,13,16H,5,8-9,11-12H2,1-3H3,(H,20,24). The van der Waals surface area contributed by atoms with E-state index in [0.717, 1.165) is 41.7 Å². The molecule has 1 N–H and O–H groups in total. The van der Waals surface area contributed by atoms with Crippen molar-refractivity contribution in [2.24, 2.45) is 5.92 Å². The Balaban J connectivity index is 1.67. The van der Waals surface area contributed by atoms with E-state index in [-0.39, 0.29) is 11.9 Å². The van der Waals surface area contributed by atoms with Gasteiger partial charge in [-0.1, -0.05) is 26.0 Å². The van der Waals surface area contributed by atoms with Crippen LogP contribution in [0.2, 0.25) is 0 Å². The minimum absolute atomic E-state index is 0.0979. The number of amides is 1. The molecule has 1 saturated heterocycles. The van der Waals surface area contributed by atoms with Gasteiger partial charge in [0.1, 0.15) is 17.6 Å². The number of nitrogens with one attached hydrogen (secondary N) is 1. The molecule has 1 unspecified atom stereocenters. The first-order chi connectivity index (χ1) is 12.6. The third-order valence-corrected chi connectivity index (χ3v) is 5.23. The van der Waals surface area contributed by atoms with E-state index < -0.39 is 0 Å². The Morgan fingerprint density at radius 2 is 2.31 bits per heavy atom. The molecule has 7 heteroatoms.